The molecule has 0 N–H and O–H groups in total. The number of rotatable bonds is 3. The van der Waals surface area contributed by atoms with Gasteiger partial charge in [-0.3, -0.25) is 0 Å². The molecule has 0 saturated heterocycles. The van der Waals surface area contributed by atoms with Crippen molar-refractivity contribution in [3.8, 4) is 11.4 Å². The molecule has 0 unspecified atom stereocenters. The topological polar surface area (TPSA) is 17.8 Å². The summed E-state index contributed by atoms with van der Waals surface area (Å²) in [4.78, 5) is 4.22. The summed E-state index contributed by atoms with van der Waals surface area (Å²) in [6.07, 6.45) is 3.40. The summed E-state index contributed by atoms with van der Waals surface area (Å²) in [5.41, 5.74) is 1.35. The van der Waals surface area contributed by atoms with Gasteiger partial charge < -0.3 is 4.57 Å². The molecule has 5 heteroatoms. The monoisotopic (exact) mass is 348 g/mol. The molecule has 106 valence electrons. The van der Waals surface area contributed by atoms with Gasteiger partial charge in [0.1, 0.15) is 17.5 Å². The van der Waals surface area contributed by atoms with Gasteiger partial charge in [0.25, 0.3) is 0 Å². The molecule has 2 nitrogen and oxygen atoms in total. The lowest BCUT2D eigenvalue weighted by molar-refractivity contribution is 0.619. The molecule has 0 aliphatic rings. The van der Waals surface area contributed by atoms with Gasteiger partial charge >= 0.3 is 0 Å². The van der Waals surface area contributed by atoms with Crippen molar-refractivity contribution in [2.24, 2.45) is 0 Å². The van der Waals surface area contributed by atoms with E-state index in [2.05, 4.69) is 20.9 Å². The highest BCUT2D eigenvalue weighted by Gasteiger charge is 2.11. The van der Waals surface area contributed by atoms with E-state index in [1.54, 1.807) is 42.7 Å². The molecule has 3 rings (SSSR count). The quantitative estimate of drug-likeness (QED) is 0.674. The first-order chi connectivity index (χ1) is 10.1. The first kappa shape index (κ1) is 13.9. The third-order valence-corrected chi connectivity index (χ3v) is 3.77. The standard InChI is InChI=1S/C16H11BrF2N2/c17-13-9-11(5-6-15(13)19)10-21-8-7-20-16(21)12-3-1-2-4-14(12)18/h1-9H,10H2. The van der Waals surface area contributed by atoms with Crippen LogP contribution >= 0.6 is 15.9 Å². The van der Waals surface area contributed by atoms with Crippen molar-refractivity contribution in [3.63, 3.8) is 0 Å². The molecular formula is C16H11BrF2N2. The SMILES string of the molecule is Fc1ccc(Cn2ccnc2-c2ccccc2F)cc1Br. The van der Waals surface area contributed by atoms with Crippen LogP contribution in [0.25, 0.3) is 11.4 Å². The van der Waals surface area contributed by atoms with Crippen molar-refractivity contribution in [2.45, 2.75) is 6.54 Å². The van der Waals surface area contributed by atoms with Gasteiger partial charge in [-0.05, 0) is 45.8 Å². The van der Waals surface area contributed by atoms with Gasteiger partial charge in [0.15, 0.2) is 0 Å². The molecule has 1 aromatic heterocycles. The van der Waals surface area contributed by atoms with Crippen LogP contribution in [0.2, 0.25) is 0 Å². The van der Waals surface area contributed by atoms with Crippen molar-refractivity contribution in [1.29, 1.82) is 0 Å². The highest BCUT2D eigenvalue weighted by atomic mass is 79.9. The van der Waals surface area contributed by atoms with Crippen LogP contribution in [0.4, 0.5) is 8.78 Å². The molecule has 1 heterocycles. The fourth-order valence-corrected chi connectivity index (χ4v) is 2.58. The summed E-state index contributed by atoms with van der Waals surface area (Å²) in [5, 5.41) is 0. The van der Waals surface area contributed by atoms with E-state index >= 15 is 0 Å². The molecule has 3 aromatic rings. The normalized spacial score (nSPS) is 10.8. The van der Waals surface area contributed by atoms with E-state index in [9.17, 15) is 8.78 Å². The van der Waals surface area contributed by atoms with Gasteiger partial charge in [0.2, 0.25) is 0 Å². The molecule has 0 amide bonds. The lowest BCUT2D eigenvalue weighted by Gasteiger charge is -2.09. The molecule has 0 aliphatic carbocycles. The highest BCUT2D eigenvalue weighted by molar-refractivity contribution is 9.10. The second-order valence-corrected chi connectivity index (χ2v) is 5.46. The van der Waals surface area contributed by atoms with E-state index in [4.69, 9.17) is 0 Å². The zero-order chi connectivity index (χ0) is 14.8. The summed E-state index contributed by atoms with van der Waals surface area (Å²) in [7, 11) is 0. The zero-order valence-corrected chi connectivity index (χ0v) is 12.5. The third kappa shape index (κ3) is 2.88. The van der Waals surface area contributed by atoms with Crippen molar-refractivity contribution in [3.05, 3.63) is 76.5 Å². The van der Waals surface area contributed by atoms with Crippen molar-refractivity contribution < 1.29 is 8.78 Å². The Morgan fingerprint density at radius 1 is 1.05 bits per heavy atom. The molecular weight excluding hydrogens is 338 g/mol. The van der Waals surface area contributed by atoms with E-state index in [1.807, 2.05) is 4.57 Å². The van der Waals surface area contributed by atoms with Crippen LogP contribution in [0.1, 0.15) is 5.56 Å². The van der Waals surface area contributed by atoms with E-state index in [0.717, 1.165) is 5.56 Å². The largest absolute Gasteiger partial charge is 0.326 e. The summed E-state index contributed by atoms with van der Waals surface area (Å²) >= 11 is 3.17. The highest BCUT2D eigenvalue weighted by Crippen LogP contribution is 2.23. The first-order valence-corrected chi connectivity index (χ1v) is 7.14. The average molecular weight is 349 g/mol. The molecule has 0 bridgehead atoms. The average Bonchev–Trinajstić information content (AvgIpc) is 2.91. The minimum absolute atomic E-state index is 0.307. The smallest absolute Gasteiger partial charge is 0.143 e. The van der Waals surface area contributed by atoms with Crippen molar-refractivity contribution in [1.82, 2.24) is 9.55 Å². The molecule has 2 aromatic carbocycles. The van der Waals surface area contributed by atoms with Crippen LogP contribution in [0.15, 0.2) is 59.3 Å². The van der Waals surface area contributed by atoms with E-state index in [0.29, 0.717) is 22.4 Å². The van der Waals surface area contributed by atoms with Gasteiger partial charge in [-0.15, -0.1) is 0 Å². The zero-order valence-electron chi connectivity index (χ0n) is 10.9. The molecule has 0 radical (unpaired) electrons. The molecule has 0 fully saturated rings. The second-order valence-electron chi connectivity index (χ2n) is 4.61. The fraction of sp³-hybridized carbons (Fsp3) is 0.0625. The fourth-order valence-electron chi connectivity index (χ4n) is 2.16. The maximum Gasteiger partial charge on any atom is 0.143 e. The predicted octanol–water partition coefficient (Wildman–Crippen LogP) is 4.64. The van der Waals surface area contributed by atoms with Crippen LogP contribution in [-0.4, -0.2) is 9.55 Å². The van der Waals surface area contributed by atoms with Gasteiger partial charge in [0, 0.05) is 18.9 Å². The van der Waals surface area contributed by atoms with Gasteiger partial charge in [0.05, 0.1) is 10.0 Å². The Bertz CT molecular complexity index is 783. The van der Waals surface area contributed by atoms with Crippen LogP contribution in [0.5, 0.6) is 0 Å². The van der Waals surface area contributed by atoms with Crippen LogP contribution in [0.3, 0.4) is 0 Å². The summed E-state index contributed by atoms with van der Waals surface area (Å²) in [6.45, 7) is 0.489. The first-order valence-electron chi connectivity index (χ1n) is 6.35. The van der Waals surface area contributed by atoms with Crippen LogP contribution in [-0.2, 0) is 6.54 Å². The number of hydrogen-bond donors (Lipinski definition) is 0. The number of aromatic nitrogens is 2. The van der Waals surface area contributed by atoms with Gasteiger partial charge in [-0.25, -0.2) is 13.8 Å². The Labute approximate surface area is 129 Å². The minimum Gasteiger partial charge on any atom is -0.326 e. The molecule has 0 aliphatic heterocycles. The van der Waals surface area contributed by atoms with Crippen molar-refractivity contribution in [2.75, 3.05) is 0 Å². The molecule has 0 atom stereocenters. The summed E-state index contributed by atoms with van der Waals surface area (Å²) in [5.74, 6) is -0.0718. The Morgan fingerprint density at radius 3 is 2.62 bits per heavy atom. The van der Waals surface area contributed by atoms with E-state index in [1.165, 1.54) is 12.1 Å². The molecule has 21 heavy (non-hydrogen) atoms. The number of benzene rings is 2. The number of imidazole rings is 1. The Kier molecular flexibility index (Phi) is 3.84. The number of hydrogen-bond acceptors (Lipinski definition) is 1. The van der Waals surface area contributed by atoms with Crippen LogP contribution in [0, 0.1) is 11.6 Å². The van der Waals surface area contributed by atoms with Gasteiger partial charge in [-0.2, -0.15) is 0 Å². The lowest BCUT2D eigenvalue weighted by Crippen LogP contribution is -2.02. The maximum atomic E-state index is 13.9. The summed E-state index contributed by atoms with van der Waals surface area (Å²) in [6, 6.07) is 11.3. The predicted molar refractivity (Wildman–Crippen MR) is 80.8 cm³/mol. The minimum atomic E-state index is -0.315. The van der Waals surface area contributed by atoms with E-state index in [-0.39, 0.29) is 11.6 Å². The maximum absolute atomic E-state index is 13.9. The second kappa shape index (κ2) is 5.77. The third-order valence-electron chi connectivity index (χ3n) is 3.17. The van der Waals surface area contributed by atoms with Crippen molar-refractivity contribution >= 4 is 15.9 Å². The molecule has 0 saturated carbocycles. The number of nitrogens with zero attached hydrogens (tertiary/aromatic N) is 2. The lowest BCUT2D eigenvalue weighted by atomic mass is 10.2. The number of halogens is 3. The van der Waals surface area contributed by atoms with Gasteiger partial charge in [-0.1, -0.05) is 18.2 Å². The molecule has 0 spiro atoms. The Morgan fingerprint density at radius 2 is 1.86 bits per heavy atom. The van der Waals surface area contributed by atoms with Crippen LogP contribution < -0.4 is 0 Å². The Balaban J connectivity index is 1.96. The summed E-state index contributed by atoms with van der Waals surface area (Å²) < 4.78 is 29.4. The Hall–Kier alpha value is -2.01. The van der Waals surface area contributed by atoms with E-state index < -0.39 is 0 Å².